The number of anilines is 2. The highest BCUT2D eigenvalue weighted by Crippen LogP contribution is 2.37. The molecule has 0 saturated carbocycles. The third kappa shape index (κ3) is 2.22. The van der Waals surface area contributed by atoms with Crippen molar-refractivity contribution < 1.29 is 14.3 Å². The molecule has 1 aliphatic heterocycles. The number of aryl methyl sites for hydroxylation is 1. The van der Waals surface area contributed by atoms with E-state index in [0.717, 1.165) is 5.56 Å². The van der Waals surface area contributed by atoms with E-state index in [1.807, 2.05) is 13.0 Å². The quantitative estimate of drug-likeness (QED) is 0.884. The predicted octanol–water partition coefficient (Wildman–Crippen LogP) is 2.62. The van der Waals surface area contributed by atoms with Crippen LogP contribution in [0.25, 0.3) is 0 Å². The Bertz CT molecular complexity index is 651. The maximum absolute atomic E-state index is 12.1. The Morgan fingerprint density at radius 2 is 2.05 bits per heavy atom. The van der Waals surface area contributed by atoms with Crippen LogP contribution in [0.3, 0.4) is 0 Å². The lowest BCUT2D eigenvalue weighted by molar-refractivity contribution is 0.103. The molecule has 1 amide bonds. The fourth-order valence-electron chi connectivity index (χ4n) is 1.84. The summed E-state index contributed by atoms with van der Waals surface area (Å²) in [4.78, 5) is 12.6. The topological polar surface area (TPSA) is 73.6 Å². The lowest BCUT2D eigenvalue weighted by atomic mass is 10.1. The first-order chi connectivity index (χ1) is 9.13. The van der Waals surface area contributed by atoms with Crippen LogP contribution >= 0.6 is 11.3 Å². The maximum Gasteiger partial charge on any atom is 0.265 e. The highest BCUT2D eigenvalue weighted by atomic mass is 32.1. The highest BCUT2D eigenvalue weighted by Gasteiger charge is 2.17. The van der Waals surface area contributed by atoms with Gasteiger partial charge in [0, 0.05) is 11.8 Å². The summed E-state index contributed by atoms with van der Waals surface area (Å²) >= 11 is 1.26. The van der Waals surface area contributed by atoms with Gasteiger partial charge in [-0.2, -0.15) is 0 Å². The van der Waals surface area contributed by atoms with E-state index < -0.39 is 0 Å². The zero-order valence-electron chi connectivity index (χ0n) is 10.2. The number of amides is 1. The van der Waals surface area contributed by atoms with E-state index in [2.05, 4.69) is 5.32 Å². The Hall–Kier alpha value is -2.21. The fraction of sp³-hybridized carbons (Fsp3) is 0.154. The molecule has 1 aromatic heterocycles. The molecule has 0 radical (unpaired) electrons. The number of nitrogens with one attached hydrogen (secondary N) is 1. The molecule has 0 saturated heterocycles. The van der Waals surface area contributed by atoms with Crippen molar-refractivity contribution in [2.75, 3.05) is 17.8 Å². The molecule has 2 heterocycles. The van der Waals surface area contributed by atoms with E-state index in [1.54, 1.807) is 18.2 Å². The third-order valence-corrected chi connectivity index (χ3v) is 3.73. The molecule has 0 spiro atoms. The lowest BCUT2D eigenvalue weighted by Gasteiger charge is -2.08. The normalized spacial score (nSPS) is 12.5. The molecular formula is C13H12N2O3S. The molecule has 5 nitrogen and oxygen atoms in total. The van der Waals surface area contributed by atoms with Gasteiger partial charge in [0.15, 0.2) is 11.5 Å². The number of fused-ring (bicyclic) bond motifs is 1. The number of hydrogen-bond acceptors (Lipinski definition) is 5. The van der Waals surface area contributed by atoms with Crippen molar-refractivity contribution in [2.45, 2.75) is 6.92 Å². The Kier molecular flexibility index (Phi) is 2.79. The minimum Gasteiger partial charge on any atom is -0.454 e. The van der Waals surface area contributed by atoms with Crippen molar-refractivity contribution in [3.8, 4) is 11.5 Å². The summed E-state index contributed by atoms with van der Waals surface area (Å²) in [6.07, 6.45) is 0. The van der Waals surface area contributed by atoms with Gasteiger partial charge in [0.1, 0.15) is 0 Å². The van der Waals surface area contributed by atoms with Crippen LogP contribution in [0.15, 0.2) is 24.3 Å². The molecule has 98 valence electrons. The molecule has 3 rings (SSSR count). The molecule has 0 aliphatic carbocycles. The maximum atomic E-state index is 12.1. The van der Waals surface area contributed by atoms with Gasteiger partial charge in [0.25, 0.3) is 5.91 Å². The molecule has 2 aromatic rings. The number of carbonyl (C=O) groups excluding carboxylic acids is 1. The number of nitrogens with two attached hydrogens (primary N) is 1. The average Bonchev–Trinajstić information content (AvgIpc) is 2.98. The molecule has 0 fully saturated rings. The van der Waals surface area contributed by atoms with E-state index in [4.69, 9.17) is 15.2 Å². The summed E-state index contributed by atoms with van der Waals surface area (Å²) < 4.78 is 10.6. The number of thiophene rings is 1. The Balaban J connectivity index is 1.85. The second-order valence-electron chi connectivity index (χ2n) is 4.18. The van der Waals surface area contributed by atoms with Crippen molar-refractivity contribution in [3.05, 3.63) is 34.7 Å². The second kappa shape index (κ2) is 4.47. The molecule has 3 N–H and O–H groups in total. The second-order valence-corrected chi connectivity index (χ2v) is 5.29. The third-order valence-electron chi connectivity index (χ3n) is 2.82. The summed E-state index contributed by atoms with van der Waals surface area (Å²) in [5, 5.41) is 3.47. The molecule has 6 heteroatoms. The smallest absolute Gasteiger partial charge is 0.265 e. The first-order valence-electron chi connectivity index (χ1n) is 5.70. The lowest BCUT2D eigenvalue weighted by Crippen LogP contribution is -2.11. The molecular weight excluding hydrogens is 264 g/mol. The van der Waals surface area contributed by atoms with Crippen LogP contribution in [0.1, 0.15) is 15.2 Å². The van der Waals surface area contributed by atoms with Crippen LogP contribution < -0.4 is 20.5 Å². The Morgan fingerprint density at radius 3 is 2.74 bits per heavy atom. The number of rotatable bonds is 2. The van der Waals surface area contributed by atoms with E-state index in [-0.39, 0.29) is 12.7 Å². The van der Waals surface area contributed by atoms with E-state index in [9.17, 15) is 4.79 Å². The summed E-state index contributed by atoms with van der Waals surface area (Å²) in [6.45, 7) is 2.12. The fourth-order valence-corrected chi connectivity index (χ4v) is 2.51. The zero-order chi connectivity index (χ0) is 13.4. The summed E-state index contributed by atoms with van der Waals surface area (Å²) in [5.74, 6) is 1.17. The summed E-state index contributed by atoms with van der Waals surface area (Å²) in [5.41, 5.74) is 7.24. The summed E-state index contributed by atoms with van der Waals surface area (Å²) in [6, 6.07) is 7.04. The van der Waals surface area contributed by atoms with Crippen LogP contribution in [0, 0.1) is 6.92 Å². The Labute approximate surface area is 113 Å². The van der Waals surface area contributed by atoms with E-state index >= 15 is 0 Å². The molecule has 0 atom stereocenters. The summed E-state index contributed by atoms with van der Waals surface area (Å²) in [7, 11) is 0. The molecule has 19 heavy (non-hydrogen) atoms. The van der Waals surface area contributed by atoms with Crippen molar-refractivity contribution in [3.63, 3.8) is 0 Å². The van der Waals surface area contributed by atoms with Crippen molar-refractivity contribution in [1.29, 1.82) is 0 Å². The first kappa shape index (κ1) is 11.9. The SMILES string of the molecule is Cc1cc2c(cc1NC(=O)c1ccc(N)s1)OCO2. The van der Waals surface area contributed by atoms with Crippen molar-refractivity contribution in [2.24, 2.45) is 0 Å². The van der Waals surface area contributed by atoms with Gasteiger partial charge in [-0.15, -0.1) is 11.3 Å². The number of ether oxygens (including phenoxy) is 2. The minimum atomic E-state index is -0.177. The van der Waals surface area contributed by atoms with Gasteiger partial charge in [-0.3, -0.25) is 4.79 Å². The van der Waals surface area contributed by atoms with Crippen LogP contribution in [0.5, 0.6) is 11.5 Å². The van der Waals surface area contributed by atoms with Crippen LogP contribution in [0.2, 0.25) is 0 Å². The molecule has 0 unspecified atom stereocenters. The van der Waals surface area contributed by atoms with Gasteiger partial charge in [0.05, 0.1) is 9.88 Å². The number of hydrogen-bond donors (Lipinski definition) is 2. The van der Waals surface area contributed by atoms with Crippen LogP contribution in [0.4, 0.5) is 10.7 Å². The molecule has 1 aromatic carbocycles. The van der Waals surface area contributed by atoms with E-state index in [0.29, 0.717) is 27.1 Å². The van der Waals surface area contributed by atoms with Crippen LogP contribution in [-0.4, -0.2) is 12.7 Å². The molecule has 0 bridgehead atoms. The van der Waals surface area contributed by atoms with Gasteiger partial charge >= 0.3 is 0 Å². The Morgan fingerprint density at radius 1 is 1.32 bits per heavy atom. The monoisotopic (exact) mass is 276 g/mol. The van der Waals surface area contributed by atoms with Gasteiger partial charge < -0.3 is 20.5 Å². The number of benzene rings is 1. The van der Waals surface area contributed by atoms with Gasteiger partial charge in [-0.05, 0) is 30.7 Å². The number of nitrogen functional groups attached to an aromatic ring is 1. The first-order valence-corrected chi connectivity index (χ1v) is 6.52. The standard InChI is InChI=1S/C13H12N2O3S/c1-7-4-9-10(18-6-17-9)5-8(7)15-13(16)11-2-3-12(14)19-11/h2-5H,6,14H2,1H3,(H,15,16). The molecule has 1 aliphatic rings. The van der Waals surface area contributed by atoms with Crippen molar-refractivity contribution in [1.82, 2.24) is 0 Å². The minimum absolute atomic E-state index is 0.177. The average molecular weight is 276 g/mol. The van der Waals surface area contributed by atoms with Gasteiger partial charge in [0.2, 0.25) is 6.79 Å². The van der Waals surface area contributed by atoms with Crippen molar-refractivity contribution >= 4 is 27.9 Å². The largest absolute Gasteiger partial charge is 0.454 e. The van der Waals surface area contributed by atoms with E-state index in [1.165, 1.54) is 11.3 Å². The van der Waals surface area contributed by atoms with Gasteiger partial charge in [-0.25, -0.2) is 0 Å². The number of carbonyl (C=O) groups is 1. The van der Waals surface area contributed by atoms with Gasteiger partial charge in [-0.1, -0.05) is 0 Å². The highest BCUT2D eigenvalue weighted by molar-refractivity contribution is 7.17. The zero-order valence-corrected chi connectivity index (χ0v) is 11.0. The predicted molar refractivity (Wildman–Crippen MR) is 74.0 cm³/mol. The van der Waals surface area contributed by atoms with Crippen LogP contribution in [-0.2, 0) is 0 Å².